The number of hydrogen-bond acceptors (Lipinski definition) is 4. The number of amides is 2. The molecule has 0 spiro atoms. The van der Waals surface area contributed by atoms with Crippen molar-refractivity contribution in [2.75, 3.05) is 0 Å². The summed E-state index contributed by atoms with van der Waals surface area (Å²) in [6.45, 7) is 6.22. The molecule has 0 bridgehead atoms. The van der Waals surface area contributed by atoms with Crippen molar-refractivity contribution < 1.29 is 14.0 Å². The van der Waals surface area contributed by atoms with Gasteiger partial charge in [-0.2, -0.15) is 0 Å². The normalized spacial score (nSPS) is 19.5. The Labute approximate surface area is 127 Å². The molecule has 1 aromatic heterocycles. The molecule has 0 radical (unpaired) electrons. The molecular formula is C16H18N2O4. The smallest absolute Gasteiger partial charge is 0.408 e. The molecular weight excluding hydrogens is 284 g/mol. The second-order valence-corrected chi connectivity index (χ2v) is 6.64. The van der Waals surface area contributed by atoms with Gasteiger partial charge in [-0.1, -0.05) is 26.8 Å². The van der Waals surface area contributed by atoms with Crippen LogP contribution in [0.2, 0.25) is 0 Å². The van der Waals surface area contributed by atoms with Crippen molar-refractivity contribution in [3.63, 3.8) is 0 Å². The first-order valence-corrected chi connectivity index (χ1v) is 7.26. The maximum atomic E-state index is 12.2. The van der Waals surface area contributed by atoms with Crippen molar-refractivity contribution in [1.82, 2.24) is 9.88 Å². The van der Waals surface area contributed by atoms with E-state index in [-0.39, 0.29) is 17.7 Å². The van der Waals surface area contributed by atoms with Crippen LogP contribution in [0.3, 0.4) is 0 Å². The Balaban J connectivity index is 2.11. The summed E-state index contributed by atoms with van der Waals surface area (Å²) in [5, 5.41) is 2.27. The van der Waals surface area contributed by atoms with Crippen LogP contribution in [0.5, 0.6) is 0 Å². The lowest BCUT2D eigenvalue weighted by Gasteiger charge is -2.22. The molecule has 2 aromatic rings. The Kier molecular flexibility index (Phi) is 3.20. The summed E-state index contributed by atoms with van der Waals surface area (Å²) >= 11 is 0. The van der Waals surface area contributed by atoms with Crippen molar-refractivity contribution in [1.29, 1.82) is 0 Å². The van der Waals surface area contributed by atoms with Crippen LogP contribution in [-0.4, -0.2) is 16.4 Å². The van der Waals surface area contributed by atoms with E-state index in [1.54, 1.807) is 6.07 Å². The van der Waals surface area contributed by atoms with Gasteiger partial charge in [0.1, 0.15) is 6.04 Å². The predicted molar refractivity (Wildman–Crippen MR) is 80.6 cm³/mol. The Morgan fingerprint density at radius 1 is 1.23 bits per heavy atom. The molecule has 2 heterocycles. The topological polar surface area (TPSA) is 81.3 Å². The van der Waals surface area contributed by atoms with Crippen LogP contribution in [0.15, 0.2) is 27.4 Å². The average molecular weight is 302 g/mol. The van der Waals surface area contributed by atoms with E-state index >= 15 is 0 Å². The highest BCUT2D eigenvalue weighted by molar-refractivity contribution is 6.00. The van der Waals surface area contributed by atoms with Crippen molar-refractivity contribution in [3.8, 4) is 0 Å². The number of oxazole rings is 1. The molecule has 1 N–H and O–H groups in total. The van der Waals surface area contributed by atoms with E-state index in [0.29, 0.717) is 17.5 Å². The maximum Gasteiger partial charge on any atom is 0.420 e. The number of imide groups is 1. The number of carbonyl (C=O) groups excluding carboxylic acids is 2. The molecule has 1 aliphatic heterocycles. The van der Waals surface area contributed by atoms with E-state index in [1.807, 2.05) is 12.1 Å². The minimum Gasteiger partial charge on any atom is -0.408 e. The minimum absolute atomic E-state index is 0.0660. The number of rotatable bonds is 1. The average Bonchev–Trinajstić information content (AvgIpc) is 2.73. The standard InChI is InChI=1S/C16H18N2O4/c1-16(2,3)9-4-5-10-12(8-9)22-15(21)18(10)11-6-7-13(19)17-14(11)20/h4-5,8,11H,6-7H2,1-3H3,(H,17,19,20)/t11-/m1/s1. The van der Waals surface area contributed by atoms with E-state index < -0.39 is 17.7 Å². The molecule has 1 fully saturated rings. The van der Waals surface area contributed by atoms with Crippen molar-refractivity contribution >= 4 is 22.9 Å². The van der Waals surface area contributed by atoms with Crippen molar-refractivity contribution in [3.05, 3.63) is 34.3 Å². The highest BCUT2D eigenvalue weighted by atomic mass is 16.4. The number of fused-ring (bicyclic) bond motifs is 1. The summed E-state index contributed by atoms with van der Waals surface area (Å²) < 4.78 is 6.64. The van der Waals surface area contributed by atoms with Crippen LogP contribution in [-0.2, 0) is 15.0 Å². The summed E-state index contributed by atoms with van der Waals surface area (Å²) in [7, 11) is 0. The summed E-state index contributed by atoms with van der Waals surface area (Å²) in [5.41, 5.74) is 2.02. The fourth-order valence-corrected chi connectivity index (χ4v) is 2.73. The fourth-order valence-electron chi connectivity index (χ4n) is 2.73. The SMILES string of the molecule is CC(C)(C)c1ccc2c(c1)oc(=O)n2[C@@H]1CCC(=O)NC1=O. The quantitative estimate of drug-likeness (QED) is 0.815. The molecule has 0 aliphatic carbocycles. The van der Waals surface area contributed by atoms with Gasteiger partial charge in [-0.3, -0.25) is 19.5 Å². The molecule has 0 unspecified atom stereocenters. The highest BCUT2D eigenvalue weighted by Gasteiger charge is 2.31. The molecule has 116 valence electrons. The van der Waals surface area contributed by atoms with Gasteiger partial charge in [-0.25, -0.2) is 4.79 Å². The number of aromatic nitrogens is 1. The Bertz CT molecular complexity index is 823. The summed E-state index contributed by atoms with van der Waals surface area (Å²) in [6.07, 6.45) is 0.524. The molecule has 0 saturated carbocycles. The van der Waals surface area contributed by atoms with E-state index in [1.165, 1.54) is 4.57 Å². The van der Waals surface area contributed by atoms with Crippen LogP contribution < -0.4 is 11.1 Å². The lowest BCUT2D eigenvalue weighted by Crippen LogP contribution is -2.43. The largest absolute Gasteiger partial charge is 0.420 e. The van der Waals surface area contributed by atoms with Gasteiger partial charge in [0.25, 0.3) is 0 Å². The molecule has 2 amide bonds. The molecule has 1 atom stereocenters. The van der Waals surface area contributed by atoms with E-state index in [2.05, 4.69) is 26.1 Å². The van der Waals surface area contributed by atoms with Gasteiger partial charge in [-0.05, 0) is 29.5 Å². The molecule has 6 nitrogen and oxygen atoms in total. The van der Waals surface area contributed by atoms with Crippen LogP contribution in [0.4, 0.5) is 0 Å². The van der Waals surface area contributed by atoms with Gasteiger partial charge in [0.05, 0.1) is 5.52 Å². The molecule has 3 rings (SSSR count). The number of hydrogen-bond donors (Lipinski definition) is 1. The molecule has 1 saturated heterocycles. The first-order valence-electron chi connectivity index (χ1n) is 7.26. The van der Waals surface area contributed by atoms with E-state index in [4.69, 9.17) is 4.42 Å². The van der Waals surface area contributed by atoms with E-state index in [0.717, 1.165) is 5.56 Å². The Morgan fingerprint density at radius 2 is 1.95 bits per heavy atom. The first-order chi connectivity index (χ1) is 10.3. The van der Waals surface area contributed by atoms with Gasteiger partial charge in [-0.15, -0.1) is 0 Å². The van der Waals surface area contributed by atoms with Gasteiger partial charge in [0, 0.05) is 6.42 Å². The molecule has 6 heteroatoms. The summed E-state index contributed by atoms with van der Waals surface area (Å²) in [5.74, 6) is -1.34. The van der Waals surface area contributed by atoms with Gasteiger partial charge < -0.3 is 4.42 Å². The second-order valence-electron chi connectivity index (χ2n) is 6.64. The Morgan fingerprint density at radius 3 is 2.59 bits per heavy atom. The zero-order chi connectivity index (χ0) is 16.1. The third-order valence-electron chi connectivity index (χ3n) is 4.00. The predicted octanol–water partition coefficient (Wildman–Crippen LogP) is 1.87. The van der Waals surface area contributed by atoms with Crippen LogP contribution in [0, 0.1) is 0 Å². The molecule has 22 heavy (non-hydrogen) atoms. The van der Waals surface area contributed by atoms with Gasteiger partial charge in [0.2, 0.25) is 11.8 Å². The summed E-state index contributed by atoms with van der Waals surface area (Å²) in [6, 6.07) is 4.86. The van der Waals surface area contributed by atoms with Gasteiger partial charge >= 0.3 is 5.76 Å². The second kappa shape index (κ2) is 4.83. The fraction of sp³-hybridized carbons (Fsp3) is 0.438. The lowest BCUT2D eigenvalue weighted by atomic mass is 9.87. The van der Waals surface area contributed by atoms with Crippen LogP contribution >= 0.6 is 0 Å². The monoisotopic (exact) mass is 302 g/mol. The number of carbonyl (C=O) groups is 2. The van der Waals surface area contributed by atoms with E-state index in [9.17, 15) is 14.4 Å². The van der Waals surface area contributed by atoms with Gasteiger partial charge in [0.15, 0.2) is 5.58 Å². The van der Waals surface area contributed by atoms with Crippen molar-refractivity contribution in [2.24, 2.45) is 0 Å². The first kappa shape index (κ1) is 14.6. The molecule has 1 aromatic carbocycles. The number of nitrogens with one attached hydrogen (secondary N) is 1. The zero-order valence-corrected chi connectivity index (χ0v) is 12.8. The zero-order valence-electron chi connectivity index (χ0n) is 12.8. The molecule has 1 aliphatic rings. The number of piperidine rings is 1. The Hall–Kier alpha value is -2.37. The maximum absolute atomic E-state index is 12.2. The summed E-state index contributed by atoms with van der Waals surface area (Å²) in [4.78, 5) is 35.4. The third-order valence-corrected chi connectivity index (χ3v) is 4.00. The number of nitrogens with zero attached hydrogens (tertiary/aromatic N) is 1. The minimum atomic E-state index is -0.702. The highest BCUT2D eigenvalue weighted by Crippen LogP contribution is 2.28. The third kappa shape index (κ3) is 2.34. The number of benzene rings is 1. The lowest BCUT2D eigenvalue weighted by molar-refractivity contribution is -0.135. The van der Waals surface area contributed by atoms with Crippen molar-refractivity contribution in [2.45, 2.75) is 45.1 Å². The van der Waals surface area contributed by atoms with Crippen LogP contribution in [0.25, 0.3) is 11.1 Å². The van der Waals surface area contributed by atoms with Crippen LogP contribution in [0.1, 0.15) is 45.2 Å².